The number of carbonyl (C=O) groups is 2. The highest BCUT2D eigenvalue weighted by Crippen LogP contribution is 2.34. The molecule has 0 unspecified atom stereocenters. The first-order chi connectivity index (χ1) is 12.5. The summed E-state index contributed by atoms with van der Waals surface area (Å²) >= 11 is 0. The maximum absolute atomic E-state index is 14.1. The van der Waals surface area contributed by atoms with Crippen molar-refractivity contribution < 1.29 is 19.1 Å². The van der Waals surface area contributed by atoms with Crippen LogP contribution in [0, 0.1) is 5.82 Å². The van der Waals surface area contributed by atoms with E-state index in [-0.39, 0.29) is 35.5 Å². The molecule has 3 heterocycles. The van der Waals surface area contributed by atoms with E-state index in [2.05, 4.69) is 16.5 Å². The van der Waals surface area contributed by atoms with Gasteiger partial charge in [-0.2, -0.15) is 0 Å². The number of aromatic nitrogens is 2. The Morgan fingerprint density at radius 3 is 2.88 bits per heavy atom. The number of nitrogens with zero attached hydrogens (tertiary/aromatic N) is 3. The van der Waals surface area contributed by atoms with Crippen LogP contribution in [-0.2, 0) is 11.2 Å². The second-order valence-electron chi connectivity index (χ2n) is 6.41. The summed E-state index contributed by atoms with van der Waals surface area (Å²) in [5, 5.41) is 9.95. The van der Waals surface area contributed by atoms with Crippen LogP contribution in [0.1, 0.15) is 27.9 Å². The summed E-state index contributed by atoms with van der Waals surface area (Å²) in [4.78, 5) is 34.7. The first-order valence-electron chi connectivity index (χ1n) is 8.29. The van der Waals surface area contributed by atoms with Crippen LogP contribution in [0.15, 0.2) is 30.9 Å². The van der Waals surface area contributed by atoms with E-state index in [0.717, 1.165) is 0 Å². The number of carbonyl (C=O) groups excluding carboxylic acids is 2. The third-order valence-corrected chi connectivity index (χ3v) is 4.82. The number of amides is 2. The fourth-order valence-corrected chi connectivity index (χ4v) is 3.38. The number of imidazole rings is 1. The highest BCUT2D eigenvalue weighted by atomic mass is 19.1. The van der Waals surface area contributed by atoms with Crippen molar-refractivity contribution in [3.05, 3.63) is 53.9 Å². The number of aromatic amines is 1. The van der Waals surface area contributed by atoms with Crippen molar-refractivity contribution >= 4 is 17.5 Å². The van der Waals surface area contributed by atoms with Gasteiger partial charge in [0, 0.05) is 31.7 Å². The number of aromatic hydroxyl groups is 1. The number of benzene rings is 1. The fourth-order valence-electron chi connectivity index (χ4n) is 3.38. The number of para-hydroxylation sites is 1. The Balaban J connectivity index is 1.58. The highest BCUT2D eigenvalue weighted by molar-refractivity contribution is 6.07. The zero-order chi connectivity index (χ0) is 18.4. The number of nitrogens with one attached hydrogen (secondary N) is 1. The molecule has 8 heteroatoms. The van der Waals surface area contributed by atoms with E-state index >= 15 is 0 Å². The van der Waals surface area contributed by atoms with E-state index in [1.807, 2.05) is 0 Å². The largest absolute Gasteiger partial charge is 0.506 e. The molecule has 26 heavy (non-hydrogen) atoms. The summed E-state index contributed by atoms with van der Waals surface area (Å²) in [6.45, 7) is 4.74. The Morgan fingerprint density at radius 2 is 2.19 bits per heavy atom. The van der Waals surface area contributed by atoms with E-state index in [1.165, 1.54) is 29.2 Å². The molecule has 134 valence electrons. The van der Waals surface area contributed by atoms with Gasteiger partial charge in [0.05, 0.1) is 5.92 Å². The van der Waals surface area contributed by atoms with Crippen LogP contribution in [0.5, 0.6) is 5.75 Å². The number of likely N-dealkylation sites (tertiary alicyclic amines) is 1. The lowest BCUT2D eigenvalue weighted by Gasteiger charge is -2.37. The molecule has 1 saturated heterocycles. The number of H-pyrrole nitrogens is 1. The van der Waals surface area contributed by atoms with E-state index in [1.54, 1.807) is 4.90 Å². The van der Waals surface area contributed by atoms with Crippen molar-refractivity contribution in [2.45, 2.75) is 12.3 Å². The Kier molecular flexibility index (Phi) is 3.75. The molecule has 0 spiro atoms. The first-order valence-corrected chi connectivity index (χ1v) is 8.29. The molecule has 0 bridgehead atoms. The lowest BCUT2D eigenvalue weighted by Crippen LogP contribution is -2.48. The molecule has 1 fully saturated rings. The average molecular weight is 356 g/mol. The number of phenolic OH excluding ortho intramolecular Hbond substituents is 1. The van der Waals surface area contributed by atoms with Gasteiger partial charge in [0.15, 0.2) is 5.82 Å². The number of phenols is 1. The number of hydrogen-bond donors (Lipinski definition) is 2. The number of halogens is 1. The molecule has 0 atom stereocenters. The standard InChI is InChI=1S/C18H17FN4O3/c1-2-14(25)22-8-10(9-22)17-20-12-6-7-23(18(26)15(12)21-17)16-11(19)4-3-5-13(16)24/h2-5,10,24H,1,6-9H2,(H,20,21). The molecular formula is C18H17FN4O3. The summed E-state index contributed by atoms with van der Waals surface area (Å²) < 4.78 is 14.1. The fraction of sp³-hybridized carbons (Fsp3) is 0.278. The molecule has 2 N–H and O–H groups in total. The first kappa shape index (κ1) is 16.3. The predicted molar refractivity (Wildman–Crippen MR) is 91.6 cm³/mol. The number of rotatable bonds is 3. The minimum absolute atomic E-state index is 0.0348. The summed E-state index contributed by atoms with van der Waals surface area (Å²) in [6.07, 6.45) is 1.75. The van der Waals surface area contributed by atoms with Crippen molar-refractivity contribution in [1.82, 2.24) is 14.9 Å². The lowest BCUT2D eigenvalue weighted by molar-refractivity contribution is -0.130. The second kappa shape index (κ2) is 5.98. The van der Waals surface area contributed by atoms with Crippen molar-refractivity contribution in [2.24, 2.45) is 0 Å². The van der Waals surface area contributed by atoms with Gasteiger partial charge in [-0.1, -0.05) is 12.6 Å². The third-order valence-electron chi connectivity index (χ3n) is 4.82. The minimum atomic E-state index is -0.657. The monoisotopic (exact) mass is 356 g/mol. The molecule has 2 aliphatic heterocycles. The summed E-state index contributed by atoms with van der Waals surface area (Å²) in [5.41, 5.74) is 0.812. The van der Waals surface area contributed by atoms with Gasteiger partial charge in [-0.15, -0.1) is 0 Å². The number of fused-ring (bicyclic) bond motifs is 1. The summed E-state index contributed by atoms with van der Waals surface area (Å²) in [6, 6.07) is 3.93. The van der Waals surface area contributed by atoms with Gasteiger partial charge in [0.25, 0.3) is 5.91 Å². The Bertz CT molecular complexity index is 897. The SMILES string of the molecule is C=CC(=O)N1CC(c2nc3c([nH]2)CCN(c2c(O)cccc2F)C3=O)C1. The molecule has 2 amide bonds. The molecule has 0 saturated carbocycles. The van der Waals surface area contributed by atoms with Gasteiger partial charge in [-0.3, -0.25) is 9.59 Å². The summed E-state index contributed by atoms with van der Waals surface area (Å²) in [7, 11) is 0. The van der Waals surface area contributed by atoms with Gasteiger partial charge in [0.2, 0.25) is 5.91 Å². The molecule has 0 aliphatic carbocycles. The van der Waals surface area contributed by atoms with Crippen LogP contribution < -0.4 is 4.90 Å². The lowest BCUT2D eigenvalue weighted by atomic mass is 9.99. The van der Waals surface area contributed by atoms with E-state index < -0.39 is 11.7 Å². The highest BCUT2D eigenvalue weighted by Gasteiger charge is 2.37. The van der Waals surface area contributed by atoms with Gasteiger partial charge < -0.3 is 19.9 Å². The molecular weight excluding hydrogens is 339 g/mol. The maximum atomic E-state index is 14.1. The van der Waals surface area contributed by atoms with Crippen LogP contribution in [0.2, 0.25) is 0 Å². The molecule has 1 aromatic heterocycles. The van der Waals surface area contributed by atoms with Crippen molar-refractivity contribution in [1.29, 1.82) is 0 Å². The van der Waals surface area contributed by atoms with Gasteiger partial charge in [-0.05, 0) is 18.2 Å². The smallest absolute Gasteiger partial charge is 0.278 e. The summed E-state index contributed by atoms with van der Waals surface area (Å²) in [5.74, 6) is -0.837. The van der Waals surface area contributed by atoms with Gasteiger partial charge in [-0.25, -0.2) is 9.37 Å². The molecule has 1 aromatic carbocycles. The zero-order valence-corrected chi connectivity index (χ0v) is 13.9. The average Bonchev–Trinajstić information content (AvgIpc) is 2.99. The molecule has 0 radical (unpaired) electrons. The van der Waals surface area contributed by atoms with Crippen molar-refractivity contribution in [3.8, 4) is 5.75 Å². The maximum Gasteiger partial charge on any atom is 0.278 e. The zero-order valence-electron chi connectivity index (χ0n) is 13.9. The molecule has 2 aliphatic rings. The van der Waals surface area contributed by atoms with Crippen molar-refractivity contribution in [2.75, 3.05) is 24.5 Å². The van der Waals surface area contributed by atoms with Gasteiger partial charge >= 0.3 is 0 Å². The van der Waals surface area contributed by atoms with Crippen LogP contribution in [-0.4, -0.2) is 51.4 Å². The minimum Gasteiger partial charge on any atom is -0.506 e. The van der Waals surface area contributed by atoms with Crippen molar-refractivity contribution in [3.63, 3.8) is 0 Å². The second-order valence-corrected chi connectivity index (χ2v) is 6.41. The van der Waals surface area contributed by atoms with E-state index in [4.69, 9.17) is 0 Å². The Hall–Kier alpha value is -3.16. The quantitative estimate of drug-likeness (QED) is 0.817. The van der Waals surface area contributed by atoms with Gasteiger partial charge in [0.1, 0.15) is 23.0 Å². The van der Waals surface area contributed by atoms with E-state index in [0.29, 0.717) is 31.0 Å². The number of anilines is 1. The topological polar surface area (TPSA) is 89.5 Å². The van der Waals surface area contributed by atoms with E-state index in [9.17, 15) is 19.1 Å². The third kappa shape index (κ3) is 2.45. The predicted octanol–water partition coefficient (Wildman–Crippen LogP) is 1.57. The Morgan fingerprint density at radius 1 is 1.42 bits per heavy atom. The van der Waals surface area contributed by atoms with Crippen LogP contribution >= 0.6 is 0 Å². The molecule has 2 aromatic rings. The Labute approximate surface area is 148 Å². The molecule has 4 rings (SSSR count). The van der Waals surface area contributed by atoms with Crippen LogP contribution in [0.25, 0.3) is 0 Å². The normalized spacial score (nSPS) is 17.0. The molecule has 7 nitrogen and oxygen atoms in total. The van der Waals surface area contributed by atoms with Crippen LogP contribution in [0.4, 0.5) is 10.1 Å². The van der Waals surface area contributed by atoms with Crippen LogP contribution in [0.3, 0.4) is 0 Å². The number of hydrogen-bond acceptors (Lipinski definition) is 4.